The van der Waals surface area contributed by atoms with Crippen LogP contribution < -0.4 is 0 Å². The first-order valence-electron chi connectivity index (χ1n) is 5.77. The van der Waals surface area contributed by atoms with Gasteiger partial charge in [0.25, 0.3) is 0 Å². The first kappa shape index (κ1) is 14.5. The molecule has 20 heavy (non-hydrogen) atoms. The Labute approximate surface area is 112 Å². The standard InChI is InChI=1S/C14H11F4NO/c1-8-9(7-20)2-5-13(19-8)11-4-3-10(6-12(11)15)14(16,17)18/h2-6,20H,7H2,1H3. The maximum Gasteiger partial charge on any atom is 0.416 e. The highest BCUT2D eigenvalue weighted by molar-refractivity contribution is 5.61. The summed E-state index contributed by atoms with van der Waals surface area (Å²) in [5.41, 5.74) is 0.268. The molecule has 0 saturated heterocycles. The number of alkyl halides is 3. The topological polar surface area (TPSA) is 33.1 Å². The van der Waals surface area contributed by atoms with Crippen molar-refractivity contribution in [2.45, 2.75) is 19.7 Å². The average Bonchev–Trinajstić information content (AvgIpc) is 2.37. The SMILES string of the molecule is Cc1nc(-c2ccc(C(F)(F)F)cc2F)ccc1CO. The fraction of sp³-hybridized carbons (Fsp3) is 0.214. The van der Waals surface area contributed by atoms with E-state index in [-0.39, 0.29) is 17.9 Å². The highest BCUT2D eigenvalue weighted by atomic mass is 19.4. The van der Waals surface area contributed by atoms with E-state index in [2.05, 4.69) is 4.98 Å². The van der Waals surface area contributed by atoms with Crippen LogP contribution in [-0.4, -0.2) is 10.1 Å². The van der Waals surface area contributed by atoms with Gasteiger partial charge in [-0.05, 0) is 36.8 Å². The van der Waals surface area contributed by atoms with Crippen LogP contribution in [0, 0.1) is 12.7 Å². The number of benzene rings is 1. The lowest BCUT2D eigenvalue weighted by molar-refractivity contribution is -0.137. The second-order valence-electron chi connectivity index (χ2n) is 4.29. The molecule has 0 bridgehead atoms. The molecule has 0 saturated carbocycles. The minimum Gasteiger partial charge on any atom is -0.392 e. The lowest BCUT2D eigenvalue weighted by Crippen LogP contribution is -2.05. The molecule has 1 aromatic carbocycles. The number of aliphatic hydroxyl groups excluding tert-OH is 1. The molecule has 0 atom stereocenters. The van der Waals surface area contributed by atoms with E-state index in [9.17, 15) is 17.6 Å². The summed E-state index contributed by atoms with van der Waals surface area (Å²) in [5.74, 6) is -0.983. The molecule has 0 aliphatic rings. The fourth-order valence-corrected chi connectivity index (χ4v) is 1.81. The lowest BCUT2D eigenvalue weighted by atomic mass is 10.1. The van der Waals surface area contributed by atoms with Gasteiger partial charge in [0.15, 0.2) is 0 Å². The predicted octanol–water partition coefficient (Wildman–Crippen LogP) is 3.71. The Morgan fingerprint density at radius 1 is 1.15 bits per heavy atom. The third kappa shape index (κ3) is 2.80. The van der Waals surface area contributed by atoms with Crippen LogP contribution in [0.15, 0.2) is 30.3 Å². The normalized spacial score (nSPS) is 11.7. The average molecular weight is 285 g/mol. The number of hydrogen-bond acceptors (Lipinski definition) is 2. The molecule has 0 aliphatic carbocycles. The van der Waals surface area contributed by atoms with Crippen LogP contribution >= 0.6 is 0 Å². The summed E-state index contributed by atoms with van der Waals surface area (Å²) >= 11 is 0. The monoisotopic (exact) mass is 285 g/mol. The molecule has 1 aromatic heterocycles. The highest BCUT2D eigenvalue weighted by Gasteiger charge is 2.31. The van der Waals surface area contributed by atoms with Gasteiger partial charge in [0, 0.05) is 11.3 Å². The number of nitrogens with zero attached hydrogens (tertiary/aromatic N) is 1. The Bertz CT molecular complexity index is 638. The van der Waals surface area contributed by atoms with Gasteiger partial charge in [0.2, 0.25) is 0 Å². The van der Waals surface area contributed by atoms with Crippen LogP contribution in [0.5, 0.6) is 0 Å². The minimum atomic E-state index is -4.58. The van der Waals surface area contributed by atoms with E-state index in [0.29, 0.717) is 17.3 Å². The molecule has 2 nitrogen and oxygen atoms in total. The number of pyridine rings is 1. The van der Waals surface area contributed by atoms with Crippen LogP contribution in [-0.2, 0) is 12.8 Å². The molecule has 0 radical (unpaired) electrons. The van der Waals surface area contributed by atoms with E-state index in [1.54, 1.807) is 13.0 Å². The molecule has 2 rings (SSSR count). The van der Waals surface area contributed by atoms with E-state index in [0.717, 1.165) is 12.1 Å². The van der Waals surface area contributed by atoms with Crippen molar-refractivity contribution in [1.29, 1.82) is 0 Å². The largest absolute Gasteiger partial charge is 0.416 e. The fourth-order valence-electron chi connectivity index (χ4n) is 1.81. The van der Waals surface area contributed by atoms with E-state index in [1.807, 2.05) is 0 Å². The number of rotatable bonds is 2. The lowest BCUT2D eigenvalue weighted by Gasteiger charge is -2.10. The third-order valence-electron chi connectivity index (χ3n) is 2.94. The van der Waals surface area contributed by atoms with Crippen LogP contribution in [0.4, 0.5) is 17.6 Å². The van der Waals surface area contributed by atoms with E-state index in [4.69, 9.17) is 5.11 Å². The van der Waals surface area contributed by atoms with Crippen molar-refractivity contribution >= 4 is 0 Å². The van der Waals surface area contributed by atoms with E-state index >= 15 is 0 Å². The number of aryl methyl sites for hydroxylation is 1. The molecule has 1 N–H and O–H groups in total. The zero-order valence-electron chi connectivity index (χ0n) is 10.5. The van der Waals surface area contributed by atoms with Gasteiger partial charge < -0.3 is 5.11 Å². The zero-order chi connectivity index (χ0) is 14.9. The molecule has 106 valence electrons. The third-order valence-corrected chi connectivity index (χ3v) is 2.94. The van der Waals surface area contributed by atoms with Crippen molar-refractivity contribution in [3.8, 4) is 11.3 Å². The molecular formula is C14H11F4NO. The Kier molecular flexibility index (Phi) is 3.76. The minimum absolute atomic E-state index is 0.00871. The quantitative estimate of drug-likeness (QED) is 0.853. The summed E-state index contributed by atoms with van der Waals surface area (Å²) in [6, 6.07) is 5.35. The summed E-state index contributed by atoms with van der Waals surface area (Å²) in [4.78, 5) is 4.09. The van der Waals surface area contributed by atoms with E-state index in [1.165, 1.54) is 6.07 Å². The summed E-state index contributed by atoms with van der Waals surface area (Å²) in [7, 11) is 0. The van der Waals surface area contributed by atoms with Crippen molar-refractivity contribution in [3.63, 3.8) is 0 Å². The second-order valence-corrected chi connectivity index (χ2v) is 4.29. The summed E-state index contributed by atoms with van der Waals surface area (Å²) < 4.78 is 51.2. The molecular weight excluding hydrogens is 274 g/mol. The number of hydrogen-bond donors (Lipinski definition) is 1. The van der Waals surface area contributed by atoms with Gasteiger partial charge in [0.05, 0.1) is 17.9 Å². The Morgan fingerprint density at radius 2 is 1.85 bits per heavy atom. The van der Waals surface area contributed by atoms with Gasteiger partial charge in [0.1, 0.15) is 5.82 Å². The van der Waals surface area contributed by atoms with Crippen molar-refractivity contribution in [2.24, 2.45) is 0 Å². The summed E-state index contributed by atoms with van der Waals surface area (Å²) in [5, 5.41) is 9.02. The van der Waals surface area contributed by atoms with Crippen molar-refractivity contribution in [1.82, 2.24) is 4.98 Å². The molecule has 0 fully saturated rings. The van der Waals surface area contributed by atoms with Gasteiger partial charge in [-0.1, -0.05) is 6.07 Å². The first-order chi connectivity index (χ1) is 9.32. The van der Waals surface area contributed by atoms with Crippen molar-refractivity contribution < 1.29 is 22.7 Å². The smallest absolute Gasteiger partial charge is 0.392 e. The Hall–Kier alpha value is -1.95. The molecule has 0 amide bonds. The molecule has 0 aliphatic heterocycles. The Morgan fingerprint density at radius 3 is 2.35 bits per heavy atom. The van der Waals surface area contributed by atoms with Crippen LogP contribution in [0.1, 0.15) is 16.8 Å². The second kappa shape index (κ2) is 5.20. The van der Waals surface area contributed by atoms with Crippen LogP contribution in [0.3, 0.4) is 0 Å². The maximum absolute atomic E-state index is 13.8. The predicted molar refractivity (Wildman–Crippen MR) is 65.3 cm³/mol. The Balaban J connectivity index is 2.46. The van der Waals surface area contributed by atoms with E-state index < -0.39 is 17.6 Å². The van der Waals surface area contributed by atoms with Gasteiger partial charge in [-0.25, -0.2) is 4.39 Å². The number of aromatic nitrogens is 1. The van der Waals surface area contributed by atoms with Gasteiger partial charge in [-0.15, -0.1) is 0 Å². The van der Waals surface area contributed by atoms with Crippen LogP contribution in [0.2, 0.25) is 0 Å². The van der Waals surface area contributed by atoms with Crippen LogP contribution in [0.25, 0.3) is 11.3 Å². The number of aliphatic hydroxyl groups is 1. The van der Waals surface area contributed by atoms with Gasteiger partial charge in [-0.2, -0.15) is 13.2 Å². The van der Waals surface area contributed by atoms with Gasteiger partial charge >= 0.3 is 6.18 Å². The van der Waals surface area contributed by atoms with Gasteiger partial charge in [-0.3, -0.25) is 4.98 Å². The van der Waals surface area contributed by atoms with Crippen molar-refractivity contribution in [2.75, 3.05) is 0 Å². The summed E-state index contributed by atoms with van der Waals surface area (Å²) in [6.07, 6.45) is -4.58. The molecule has 0 spiro atoms. The molecule has 1 heterocycles. The first-order valence-corrected chi connectivity index (χ1v) is 5.77. The number of halogens is 4. The molecule has 6 heteroatoms. The maximum atomic E-state index is 13.8. The molecule has 0 unspecified atom stereocenters. The highest BCUT2D eigenvalue weighted by Crippen LogP contribution is 2.32. The summed E-state index contributed by atoms with van der Waals surface area (Å²) in [6.45, 7) is 1.44. The van der Waals surface area contributed by atoms with Crippen molar-refractivity contribution in [3.05, 3.63) is 53.0 Å². The zero-order valence-corrected chi connectivity index (χ0v) is 10.5. The molecule has 2 aromatic rings.